The summed E-state index contributed by atoms with van der Waals surface area (Å²) >= 11 is 9.49. The van der Waals surface area contributed by atoms with Gasteiger partial charge in [-0.05, 0) is 37.5 Å². The normalized spacial score (nSPS) is 10.8. The lowest BCUT2D eigenvalue weighted by molar-refractivity contribution is 0.622. The van der Waals surface area contributed by atoms with Crippen molar-refractivity contribution in [2.75, 3.05) is 18.6 Å². The maximum Gasteiger partial charge on any atom is 0.0516 e. The van der Waals surface area contributed by atoms with Crippen LogP contribution in [0, 0.1) is 0 Å². The predicted molar refractivity (Wildman–Crippen MR) is 73.3 cm³/mol. The van der Waals surface area contributed by atoms with E-state index < -0.39 is 0 Å². The van der Waals surface area contributed by atoms with Crippen molar-refractivity contribution in [2.24, 2.45) is 0 Å². The molecule has 0 saturated carbocycles. The van der Waals surface area contributed by atoms with Gasteiger partial charge in [0.25, 0.3) is 0 Å². The number of hydrogen-bond donors (Lipinski definition) is 1. The summed E-state index contributed by atoms with van der Waals surface area (Å²) in [4.78, 5) is 1.32. The van der Waals surface area contributed by atoms with Crippen molar-refractivity contribution in [3.8, 4) is 0 Å². The smallest absolute Gasteiger partial charge is 0.0516 e. The van der Waals surface area contributed by atoms with Gasteiger partial charge in [0.15, 0.2) is 0 Å². The van der Waals surface area contributed by atoms with E-state index in [4.69, 9.17) is 11.6 Å². The molecule has 0 aliphatic heterocycles. The summed E-state index contributed by atoms with van der Waals surface area (Å²) < 4.78 is 0. The van der Waals surface area contributed by atoms with Crippen LogP contribution < -0.4 is 5.32 Å². The van der Waals surface area contributed by atoms with Crippen molar-refractivity contribution in [1.29, 1.82) is 0 Å². The Kier molecular flexibility index (Phi) is 7.53. The van der Waals surface area contributed by atoms with E-state index >= 15 is 0 Å². The number of rotatable bonds is 8. The lowest BCUT2D eigenvalue weighted by Gasteiger charge is -2.02. The fourth-order valence-corrected chi connectivity index (χ4v) is 2.87. The van der Waals surface area contributed by atoms with E-state index in [1.807, 2.05) is 23.2 Å². The van der Waals surface area contributed by atoms with Gasteiger partial charge in [-0.1, -0.05) is 18.0 Å². The minimum Gasteiger partial charge on any atom is -0.312 e. The first kappa shape index (κ1) is 13.4. The lowest BCUT2D eigenvalue weighted by Crippen LogP contribution is -2.13. The summed E-state index contributed by atoms with van der Waals surface area (Å²) in [7, 11) is 0. The lowest BCUT2D eigenvalue weighted by atomic mass is 10.2. The molecule has 1 heterocycles. The molecule has 0 bridgehead atoms. The quantitative estimate of drug-likeness (QED) is 0.711. The third kappa shape index (κ3) is 6.46. The van der Waals surface area contributed by atoms with Crippen molar-refractivity contribution in [3.63, 3.8) is 0 Å². The molecule has 0 amide bonds. The van der Waals surface area contributed by atoms with E-state index in [0.717, 1.165) is 18.1 Å². The first-order valence-electron chi connectivity index (χ1n) is 5.25. The number of unbranched alkanes of at least 4 members (excludes halogenated alkanes) is 2. The summed E-state index contributed by atoms with van der Waals surface area (Å²) in [6.07, 6.45) is 6.12. The minimum atomic E-state index is 0.858. The maximum atomic E-state index is 5.84. The fraction of sp³-hybridized carbons (Fsp3) is 0.636. The molecule has 4 heteroatoms. The Labute approximate surface area is 106 Å². The van der Waals surface area contributed by atoms with Crippen molar-refractivity contribution >= 4 is 34.7 Å². The standard InChI is InChI=1S/C11H18ClNS2/c1-14-6-4-2-3-5-13-8-11-7-10(12)9-15-11/h7,9,13H,2-6,8H2,1H3. The van der Waals surface area contributed by atoms with Crippen LogP contribution in [0.4, 0.5) is 0 Å². The highest BCUT2D eigenvalue weighted by Gasteiger charge is 1.96. The molecule has 0 atom stereocenters. The molecule has 1 N–H and O–H groups in total. The Morgan fingerprint density at radius 2 is 2.27 bits per heavy atom. The van der Waals surface area contributed by atoms with Crippen LogP contribution in [0.1, 0.15) is 24.1 Å². The second-order valence-electron chi connectivity index (χ2n) is 3.46. The molecule has 0 fully saturated rings. The zero-order valence-corrected chi connectivity index (χ0v) is 11.5. The molecule has 0 aromatic carbocycles. The Balaban J connectivity index is 1.93. The number of hydrogen-bond acceptors (Lipinski definition) is 3. The van der Waals surface area contributed by atoms with Gasteiger partial charge in [0, 0.05) is 16.8 Å². The van der Waals surface area contributed by atoms with Gasteiger partial charge >= 0.3 is 0 Å². The highest BCUT2D eigenvalue weighted by atomic mass is 35.5. The van der Waals surface area contributed by atoms with Crippen LogP contribution in [-0.2, 0) is 6.54 Å². The molecular formula is C11H18ClNS2. The van der Waals surface area contributed by atoms with Crippen LogP contribution >= 0.6 is 34.7 Å². The van der Waals surface area contributed by atoms with E-state index in [0.29, 0.717) is 0 Å². The van der Waals surface area contributed by atoms with Crippen LogP contribution in [0.3, 0.4) is 0 Å². The third-order valence-electron chi connectivity index (χ3n) is 2.12. The first-order chi connectivity index (χ1) is 7.33. The monoisotopic (exact) mass is 263 g/mol. The zero-order valence-electron chi connectivity index (χ0n) is 9.09. The minimum absolute atomic E-state index is 0.858. The largest absolute Gasteiger partial charge is 0.312 e. The Hall–Kier alpha value is 0.300. The topological polar surface area (TPSA) is 12.0 Å². The Morgan fingerprint density at radius 1 is 1.40 bits per heavy atom. The third-order valence-corrected chi connectivity index (χ3v) is 4.10. The average molecular weight is 264 g/mol. The van der Waals surface area contributed by atoms with Gasteiger partial charge in [0.2, 0.25) is 0 Å². The average Bonchev–Trinajstić information content (AvgIpc) is 2.63. The molecule has 1 nitrogen and oxygen atoms in total. The molecular weight excluding hydrogens is 246 g/mol. The SMILES string of the molecule is CSCCCCCNCc1cc(Cl)cs1. The summed E-state index contributed by atoms with van der Waals surface area (Å²) in [5, 5.41) is 6.28. The van der Waals surface area contributed by atoms with Crippen LogP contribution in [-0.4, -0.2) is 18.6 Å². The van der Waals surface area contributed by atoms with E-state index in [-0.39, 0.29) is 0 Å². The van der Waals surface area contributed by atoms with Gasteiger partial charge in [0.1, 0.15) is 0 Å². The Bertz CT molecular complexity index is 263. The van der Waals surface area contributed by atoms with Crippen molar-refractivity contribution < 1.29 is 0 Å². The Morgan fingerprint density at radius 3 is 2.93 bits per heavy atom. The van der Waals surface area contributed by atoms with Gasteiger partial charge in [-0.3, -0.25) is 0 Å². The van der Waals surface area contributed by atoms with Crippen LogP contribution in [0.5, 0.6) is 0 Å². The highest BCUT2D eigenvalue weighted by Crippen LogP contribution is 2.18. The predicted octanol–water partition coefficient (Wildman–Crippen LogP) is 4.02. The first-order valence-corrected chi connectivity index (χ1v) is 7.90. The molecule has 0 aliphatic rings. The fourth-order valence-electron chi connectivity index (χ4n) is 1.33. The summed E-state index contributed by atoms with van der Waals surface area (Å²) in [6, 6.07) is 2.03. The molecule has 0 aliphatic carbocycles. The van der Waals surface area contributed by atoms with Gasteiger partial charge in [0.05, 0.1) is 5.02 Å². The second kappa shape index (κ2) is 8.45. The van der Waals surface area contributed by atoms with E-state index in [1.54, 1.807) is 11.3 Å². The molecule has 1 rings (SSSR count). The van der Waals surface area contributed by atoms with Crippen LogP contribution in [0.2, 0.25) is 5.02 Å². The van der Waals surface area contributed by atoms with Crippen molar-refractivity contribution in [3.05, 3.63) is 21.3 Å². The van der Waals surface area contributed by atoms with Crippen molar-refractivity contribution in [1.82, 2.24) is 5.32 Å². The number of thioether (sulfide) groups is 1. The van der Waals surface area contributed by atoms with Gasteiger partial charge in [-0.15, -0.1) is 11.3 Å². The molecule has 1 aromatic rings. The number of halogens is 1. The molecule has 0 saturated heterocycles. The van der Waals surface area contributed by atoms with Crippen LogP contribution in [0.25, 0.3) is 0 Å². The van der Waals surface area contributed by atoms with Gasteiger partial charge in [-0.2, -0.15) is 11.8 Å². The highest BCUT2D eigenvalue weighted by molar-refractivity contribution is 7.98. The zero-order chi connectivity index (χ0) is 10.9. The molecule has 86 valence electrons. The van der Waals surface area contributed by atoms with Gasteiger partial charge < -0.3 is 5.32 Å². The van der Waals surface area contributed by atoms with Gasteiger partial charge in [-0.25, -0.2) is 0 Å². The van der Waals surface area contributed by atoms with E-state index in [9.17, 15) is 0 Å². The number of nitrogens with one attached hydrogen (secondary N) is 1. The molecule has 0 radical (unpaired) electrons. The molecule has 0 unspecified atom stereocenters. The van der Waals surface area contributed by atoms with E-state index in [1.165, 1.54) is 29.9 Å². The summed E-state index contributed by atoms with van der Waals surface area (Å²) in [5.74, 6) is 1.29. The molecule has 15 heavy (non-hydrogen) atoms. The molecule has 0 spiro atoms. The van der Waals surface area contributed by atoms with E-state index in [2.05, 4.69) is 11.6 Å². The summed E-state index contributed by atoms with van der Waals surface area (Å²) in [6.45, 7) is 2.07. The second-order valence-corrected chi connectivity index (χ2v) is 5.88. The van der Waals surface area contributed by atoms with Crippen LogP contribution in [0.15, 0.2) is 11.4 Å². The van der Waals surface area contributed by atoms with Crippen molar-refractivity contribution in [2.45, 2.75) is 25.8 Å². The maximum absolute atomic E-state index is 5.84. The number of thiophene rings is 1. The molecule has 1 aromatic heterocycles. The summed E-state index contributed by atoms with van der Waals surface area (Å²) in [5.41, 5.74) is 0.